The highest BCUT2D eigenvalue weighted by atomic mass is 19.1. The normalized spacial score (nSPS) is 12.8. The highest BCUT2D eigenvalue weighted by Crippen LogP contribution is 2.54. The Morgan fingerprint density at radius 3 is 1.38 bits per heavy atom. The zero-order valence-electron chi connectivity index (χ0n) is 24.0. The summed E-state index contributed by atoms with van der Waals surface area (Å²) in [6, 6.07) is 21.8. The fourth-order valence-electron chi connectivity index (χ4n) is 6.12. The van der Waals surface area contributed by atoms with Crippen LogP contribution in [-0.2, 0) is 5.41 Å². The molecule has 1 nitrogen and oxygen atoms in total. The van der Waals surface area contributed by atoms with Crippen LogP contribution in [0, 0.1) is 11.6 Å². The number of aldehydes is 1. The lowest BCUT2D eigenvalue weighted by Gasteiger charge is -2.33. The SMILES string of the molecule is CCCCCCCCC1(CCCCCCCC)c2ccccc2-c2ccccc21.O=Cc1c(F)cccc1F. The van der Waals surface area contributed by atoms with Gasteiger partial charge in [0.05, 0.1) is 5.56 Å². The lowest BCUT2D eigenvalue weighted by atomic mass is 9.70. The Balaban J connectivity index is 0.000000353. The van der Waals surface area contributed by atoms with Crippen LogP contribution >= 0.6 is 0 Å². The maximum absolute atomic E-state index is 12.4. The van der Waals surface area contributed by atoms with E-state index in [9.17, 15) is 13.6 Å². The Labute approximate surface area is 235 Å². The average Bonchev–Trinajstić information content (AvgIpc) is 3.23. The molecule has 210 valence electrons. The van der Waals surface area contributed by atoms with Crippen LogP contribution in [0.15, 0.2) is 66.7 Å². The number of rotatable bonds is 15. The lowest BCUT2D eigenvalue weighted by molar-refractivity contribution is 0.111. The Kier molecular flexibility index (Phi) is 12.9. The van der Waals surface area contributed by atoms with E-state index in [0.29, 0.717) is 0 Å². The second kappa shape index (κ2) is 16.3. The highest BCUT2D eigenvalue weighted by molar-refractivity contribution is 5.81. The van der Waals surface area contributed by atoms with Crippen LogP contribution in [0.25, 0.3) is 11.1 Å². The quantitative estimate of drug-likeness (QED) is 0.140. The molecule has 0 saturated heterocycles. The summed E-state index contributed by atoms with van der Waals surface area (Å²) in [6.07, 6.45) is 19.4. The van der Waals surface area contributed by atoms with E-state index in [1.807, 2.05) is 0 Å². The molecule has 1 aliphatic carbocycles. The van der Waals surface area contributed by atoms with Crippen molar-refractivity contribution in [1.82, 2.24) is 0 Å². The van der Waals surface area contributed by atoms with Gasteiger partial charge in [0, 0.05) is 5.41 Å². The Morgan fingerprint density at radius 2 is 0.974 bits per heavy atom. The first-order chi connectivity index (χ1) is 19.1. The minimum atomic E-state index is -0.824. The molecule has 39 heavy (non-hydrogen) atoms. The predicted octanol–water partition coefficient (Wildman–Crippen LogP) is 11.2. The summed E-state index contributed by atoms with van der Waals surface area (Å²) in [7, 11) is 0. The van der Waals surface area contributed by atoms with E-state index in [1.54, 1.807) is 11.1 Å². The number of benzene rings is 3. The molecule has 3 heteroatoms. The van der Waals surface area contributed by atoms with Crippen molar-refractivity contribution in [2.45, 2.75) is 109 Å². The molecule has 3 aromatic rings. The van der Waals surface area contributed by atoms with E-state index < -0.39 is 17.2 Å². The smallest absolute Gasteiger partial charge is 0.155 e. The third kappa shape index (κ3) is 8.10. The summed E-state index contributed by atoms with van der Waals surface area (Å²) in [6.45, 7) is 4.61. The number of halogens is 2. The summed E-state index contributed by atoms with van der Waals surface area (Å²) in [5.74, 6) is -1.65. The van der Waals surface area contributed by atoms with Gasteiger partial charge >= 0.3 is 0 Å². The minimum absolute atomic E-state index is 0.157. The van der Waals surface area contributed by atoms with Crippen molar-refractivity contribution in [1.29, 1.82) is 0 Å². The summed E-state index contributed by atoms with van der Waals surface area (Å²) < 4.78 is 24.8. The highest BCUT2D eigenvalue weighted by Gasteiger charge is 2.41. The van der Waals surface area contributed by atoms with Crippen LogP contribution in [0.1, 0.15) is 125 Å². The van der Waals surface area contributed by atoms with E-state index in [4.69, 9.17) is 0 Å². The first-order valence-corrected chi connectivity index (χ1v) is 15.2. The van der Waals surface area contributed by atoms with Crippen molar-refractivity contribution in [3.05, 3.63) is 95.1 Å². The van der Waals surface area contributed by atoms with Crippen LogP contribution in [-0.4, -0.2) is 6.29 Å². The van der Waals surface area contributed by atoms with Crippen molar-refractivity contribution in [2.24, 2.45) is 0 Å². The summed E-state index contributed by atoms with van der Waals surface area (Å²) in [5, 5.41) is 0. The zero-order chi connectivity index (χ0) is 27.9. The van der Waals surface area contributed by atoms with Gasteiger partial charge < -0.3 is 0 Å². The second-order valence-electron chi connectivity index (χ2n) is 11.0. The van der Waals surface area contributed by atoms with Crippen molar-refractivity contribution in [2.75, 3.05) is 0 Å². The number of fused-ring (bicyclic) bond motifs is 3. The van der Waals surface area contributed by atoms with Gasteiger partial charge in [0.1, 0.15) is 11.6 Å². The van der Waals surface area contributed by atoms with E-state index in [-0.39, 0.29) is 11.7 Å². The molecule has 0 bridgehead atoms. The molecule has 0 atom stereocenters. The standard InChI is InChI=1S/C29H42.C7H4F2O/c1-3-5-7-9-11-17-23-29(24-18-12-10-8-6-4-2)27-21-15-13-19-25(27)26-20-14-16-22-28(26)29;8-6-2-1-3-7(9)5(6)4-10/h13-16,19-22H,3-12,17-18,23-24H2,1-2H3;1-4H. The largest absolute Gasteiger partial charge is 0.298 e. The van der Waals surface area contributed by atoms with E-state index >= 15 is 0 Å². The molecule has 0 aliphatic heterocycles. The van der Waals surface area contributed by atoms with Gasteiger partial charge in [-0.3, -0.25) is 4.79 Å². The fourth-order valence-corrected chi connectivity index (χ4v) is 6.12. The molecular formula is C36H46F2O. The van der Waals surface area contributed by atoms with Gasteiger partial charge in [-0.05, 0) is 47.2 Å². The molecule has 0 N–H and O–H groups in total. The molecule has 0 spiro atoms. The van der Waals surface area contributed by atoms with Gasteiger partial charge in [0.15, 0.2) is 6.29 Å². The maximum atomic E-state index is 12.4. The number of hydrogen-bond donors (Lipinski definition) is 0. The van der Waals surface area contributed by atoms with Gasteiger partial charge in [-0.25, -0.2) is 8.78 Å². The van der Waals surface area contributed by atoms with Gasteiger partial charge in [0.2, 0.25) is 0 Å². The van der Waals surface area contributed by atoms with E-state index in [0.717, 1.165) is 12.1 Å². The number of hydrogen-bond acceptors (Lipinski definition) is 1. The molecule has 0 aromatic heterocycles. The van der Waals surface area contributed by atoms with Crippen molar-refractivity contribution >= 4 is 6.29 Å². The van der Waals surface area contributed by atoms with Crippen LogP contribution in [0.5, 0.6) is 0 Å². The number of carbonyl (C=O) groups excluding carboxylic acids is 1. The fraction of sp³-hybridized carbons (Fsp3) is 0.472. The Morgan fingerprint density at radius 1 is 0.564 bits per heavy atom. The molecule has 0 saturated carbocycles. The second-order valence-corrected chi connectivity index (χ2v) is 11.0. The molecule has 0 heterocycles. The molecule has 0 unspecified atom stereocenters. The molecule has 0 radical (unpaired) electrons. The third-order valence-corrected chi connectivity index (χ3v) is 8.21. The van der Waals surface area contributed by atoms with E-state index in [2.05, 4.69) is 62.4 Å². The predicted molar refractivity (Wildman–Crippen MR) is 160 cm³/mol. The minimum Gasteiger partial charge on any atom is -0.298 e. The number of carbonyl (C=O) groups is 1. The topological polar surface area (TPSA) is 17.1 Å². The molecule has 0 fully saturated rings. The van der Waals surface area contributed by atoms with E-state index in [1.165, 1.54) is 107 Å². The van der Waals surface area contributed by atoms with Crippen molar-refractivity contribution < 1.29 is 13.6 Å². The summed E-state index contributed by atoms with van der Waals surface area (Å²) in [5.41, 5.74) is 5.97. The molecule has 3 aromatic carbocycles. The zero-order valence-corrected chi connectivity index (χ0v) is 24.0. The maximum Gasteiger partial charge on any atom is 0.155 e. The Bertz CT molecular complexity index is 1070. The lowest BCUT2D eigenvalue weighted by Crippen LogP contribution is -2.25. The summed E-state index contributed by atoms with van der Waals surface area (Å²) in [4.78, 5) is 9.97. The monoisotopic (exact) mass is 532 g/mol. The first kappa shape index (κ1) is 30.7. The molecule has 4 rings (SSSR count). The van der Waals surface area contributed by atoms with Crippen LogP contribution in [0.4, 0.5) is 8.78 Å². The molecular weight excluding hydrogens is 486 g/mol. The third-order valence-electron chi connectivity index (χ3n) is 8.21. The molecule has 0 amide bonds. The first-order valence-electron chi connectivity index (χ1n) is 15.2. The van der Waals surface area contributed by atoms with Gasteiger partial charge in [-0.15, -0.1) is 0 Å². The Hall–Kier alpha value is -2.81. The van der Waals surface area contributed by atoms with Gasteiger partial charge in [-0.1, -0.05) is 145 Å². The summed E-state index contributed by atoms with van der Waals surface area (Å²) >= 11 is 0. The van der Waals surface area contributed by atoms with Crippen LogP contribution in [0.2, 0.25) is 0 Å². The van der Waals surface area contributed by atoms with Gasteiger partial charge in [-0.2, -0.15) is 0 Å². The van der Waals surface area contributed by atoms with Crippen molar-refractivity contribution in [3.63, 3.8) is 0 Å². The van der Waals surface area contributed by atoms with Gasteiger partial charge in [0.25, 0.3) is 0 Å². The average molecular weight is 533 g/mol. The van der Waals surface area contributed by atoms with Crippen LogP contribution < -0.4 is 0 Å². The number of unbranched alkanes of at least 4 members (excludes halogenated alkanes) is 10. The van der Waals surface area contributed by atoms with Crippen LogP contribution in [0.3, 0.4) is 0 Å². The molecule has 1 aliphatic rings. The van der Waals surface area contributed by atoms with Crippen molar-refractivity contribution in [3.8, 4) is 11.1 Å².